The standard InChI is InChI=1S/C12H12N2OS/c15-8-3-7(4-8)11-12-9(1-2-16-12)10-5-13-6-14(10)11/h1-2,5-8,11,15H,3-4H2/t7-,8+,11?. The summed E-state index contributed by atoms with van der Waals surface area (Å²) in [6, 6.07) is 2.61. The lowest BCUT2D eigenvalue weighted by Gasteiger charge is -2.36. The smallest absolute Gasteiger partial charge is 0.0957 e. The van der Waals surface area contributed by atoms with Crippen molar-refractivity contribution in [3.05, 3.63) is 28.8 Å². The normalized spacial score (nSPS) is 30.9. The second-order valence-electron chi connectivity index (χ2n) is 4.71. The molecule has 0 saturated heterocycles. The van der Waals surface area contributed by atoms with Crippen molar-refractivity contribution in [2.75, 3.05) is 0 Å². The van der Waals surface area contributed by atoms with Gasteiger partial charge in [0.1, 0.15) is 0 Å². The van der Waals surface area contributed by atoms with Crippen LogP contribution in [0.2, 0.25) is 0 Å². The molecular weight excluding hydrogens is 220 g/mol. The fourth-order valence-electron chi connectivity index (χ4n) is 2.95. The van der Waals surface area contributed by atoms with E-state index in [1.807, 2.05) is 23.9 Å². The van der Waals surface area contributed by atoms with Gasteiger partial charge in [0.15, 0.2) is 0 Å². The van der Waals surface area contributed by atoms with Crippen molar-refractivity contribution in [2.24, 2.45) is 5.92 Å². The van der Waals surface area contributed by atoms with Gasteiger partial charge in [-0.1, -0.05) is 0 Å². The van der Waals surface area contributed by atoms with Crippen LogP contribution in [0.3, 0.4) is 0 Å². The molecule has 0 radical (unpaired) electrons. The van der Waals surface area contributed by atoms with Crippen LogP contribution >= 0.6 is 11.3 Å². The molecule has 2 aromatic heterocycles. The maximum atomic E-state index is 9.45. The summed E-state index contributed by atoms with van der Waals surface area (Å²) in [6.45, 7) is 0. The van der Waals surface area contributed by atoms with E-state index < -0.39 is 0 Å². The number of aliphatic hydroxyl groups excluding tert-OH is 1. The van der Waals surface area contributed by atoms with Crippen LogP contribution in [0.5, 0.6) is 0 Å². The van der Waals surface area contributed by atoms with Gasteiger partial charge in [-0.25, -0.2) is 4.98 Å². The molecule has 3 nitrogen and oxygen atoms in total. The van der Waals surface area contributed by atoms with E-state index >= 15 is 0 Å². The van der Waals surface area contributed by atoms with Gasteiger partial charge < -0.3 is 9.67 Å². The molecule has 82 valence electrons. The average molecular weight is 232 g/mol. The highest BCUT2D eigenvalue weighted by atomic mass is 32.1. The first kappa shape index (κ1) is 8.96. The molecule has 1 aliphatic heterocycles. The minimum absolute atomic E-state index is 0.0824. The van der Waals surface area contributed by atoms with Crippen LogP contribution in [-0.4, -0.2) is 20.8 Å². The van der Waals surface area contributed by atoms with Crippen LogP contribution < -0.4 is 0 Å². The number of imidazole rings is 1. The van der Waals surface area contributed by atoms with Crippen LogP contribution in [-0.2, 0) is 0 Å². The van der Waals surface area contributed by atoms with E-state index in [2.05, 4.69) is 21.0 Å². The highest BCUT2D eigenvalue weighted by Crippen LogP contribution is 2.50. The number of aliphatic hydroxyl groups is 1. The summed E-state index contributed by atoms with van der Waals surface area (Å²) in [5, 5.41) is 11.6. The average Bonchev–Trinajstić information content (AvgIpc) is 2.84. The van der Waals surface area contributed by atoms with Gasteiger partial charge in [-0.15, -0.1) is 11.3 Å². The molecule has 16 heavy (non-hydrogen) atoms. The summed E-state index contributed by atoms with van der Waals surface area (Å²) < 4.78 is 2.28. The van der Waals surface area contributed by atoms with E-state index in [4.69, 9.17) is 0 Å². The first-order chi connectivity index (χ1) is 7.84. The zero-order valence-electron chi connectivity index (χ0n) is 8.71. The Hall–Kier alpha value is -1.13. The lowest BCUT2D eigenvalue weighted by molar-refractivity contribution is 0.0268. The second kappa shape index (κ2) is 2.96. The monoisotopic (exact) mass is 232 g/mol. The van der Waals surface area contributed by atoms with E-state index in [1.165, 1.54) is 16.1 Å². The molecule has 4 rings (SSSR count). The molecular formula is C12H12N2OS. The van der Waals surface area contributed by atoms with Gasteiger partial charge in [-0.05, 0) is 30.2 Å². The molecule has 1 fully saturated rings. The van der Waals surface area contributed by atoms with E-state index in [0.717, 1.165) is 12.8 Å². The van der Waals surface area contributed by atoms with Crippen LogP contribution in [0.4, 0.5) is 0 Å². The number of rotatable bonds is 1. The van der Waals surface area contributed by atoms with Gasteiger partial charge in [-0.2, -0.15) is 0 Å². The maximum Gasteiger partial charge on any atom is 0.0957 e. The Bertz CT molecular complexity index is 498. The lowest BCUT2D eigenvalue weighted by atomic mass is 9.77. The Balaban J connectivity index is 1.83. The number of fused-ring (bicyclic) bond motifs is 3. The molecule has 1 aliphatic carbocycles. The second-order valence-corrected chi connectivity index (χ2v) is 5.66. The molecule has 1 N–H and O–H groups in total. The highest BCUT2D eigenvalue weighted by molar-refractivity contribution is 7.10. The fourth-order valence-corrected chi connectivity index (χ4v) is 4.05. The molecule has 0 bridgehead atoms. The number of hydrogen-bond acceptors (Lipinski definition) is 3. The molecule has 2 aromatic rings. The largest absolute Gasteiger partial charge is 0.393 e. The van der Waals surface area contributed by atoms with Crippen LogP contribution in [0.25, 0.3) is 11.3 Å². The Morgan fingerprint density at radius 3 is 3.12 bits per heavy atom. The first-order valence-electron chi connectivity index (χ1n) is 5.62. The quantitative estimate of drug-likeness (QED) is 0.819. The van der Waals surface area contributed by atoms with Crippen molar-refractivity contribution < 1.29 is 5.11 Å². The molecule has 3 heterocycles. The summed E-state index contributed by atoms with van der Waals surface area (Å²) in [4.78, 5) is 5.69. The van der Waals surface area contributed by atoms with Gasteiger partial charge in [-0.3, -0.25) is 0 Å². The first-order valence-corrected chi connectivity index (χ1v) is 6.50. The van der Waals surface area contributed by atoms with Gasteiger partial charge in [0.25, 0.3) is 0 Å². The minimum Gasteiger partial charge on any atom is -0.393 e. The third kappa shape index (κ3) is 0.987. The number of aromatic nitrogens is 2. The molecule has 1 unspecified atom stereocenters. The Kier molecular flexibility index (Phi) is 1.66. The maximum absolute atomic E-state index is 9.45. The number of hydrogen-bond donors (Lipinski definition) is 1. The molecule has 0 spiro atoms. The van der Waals surface area contributed by atoms with Crippen molar-refractivity contribution >= 4 is 11.3 Å². The zero-order chi connectivity index (χ0) is 10.7. The summed E-state index contributed by atoms with van der Waals surface area (Å²) in [5.41, 5.74) is 2.58. The molecule has 0 aromatic carbocycles. The Labute approximate surface area is 97.4 Å². The highest BCUT2D eigenvalue weighted by Gasteiger charge is 2.41. The topological polar surface area (TPSA) is 38.1 Å². The predicted molar refractivity (Wildman–Crippen MR) is 62.4 cm³/mol. The molecule has 1 saturated carbocycles. The van der Waals surface area contributed by atoms with E-state index in [0.29, 0.717) is 12.0 Å². The van der Waals surface area contributed by atoms with Gasteiger partial charge in [0, 0.05) is 10.4 Å². The van der Waals surface area contributed by atoms with Crippen LogP contribution in [0, 0.1) is 5.92 Å². The number of nitrogens with zero attached hydrogens (tertiary/aromatic N) is 2. The van der Waals surface area contributed by atoms with Crippen molar-refractivity contribution in [1.82, 2.24) is 9.55 Å². The molecule has 2 aliphatic rings. The summed E-state index contributed by atoms with van der Waals surface area (Å²) in [5.74, 6) is 0.586. The summed E-state index contributed by atoms with van der Waals surface area (Å²) in [7, 11) is 0. The van der Waals surface area contributed by atoms with Gasteiger partial charge in [0.05, 0.1) is 30.4 Å². The van der Waals surface area contributed by atoms with Crippen LogP contribution in [0.15, 0.2) is 24.0 Å². The van der Waals surface area contributed by atoms with E-state index in [9.17, 15) is 5.11 Å². The molecule has 1 atom stereocenters. The Morgan fingerprint density at radius 2 is 2.31 bits per heavy atom. The Morgan fingerprint density at radius 1 is 1.44 bits per heavy atom. The van der Waals surface area contributed by atoms with Crippen molar-refractivity contribution in [2.45, 2.75) is 25.0 Å². The lowest BCUT2D eigenvalue weighted by Crippen LogP contribution is -2.34. The third-order valence-corrected chi connectivity index (χ3v) is 4.79. The predicted octanol–water partition coefficient (Wildman–Crippen LogP) is 2.29. The summed E-state index contributed by atoms with van der Waals surface area (Å²) >= 11 is 1.83. The van der Waals surface area contributed by atoms with Gasteiger partial charge in [0.2, 0.25) is 0 Å². The zero-order valence-corrected chi connectivity index (χ0v) is 9.52. The van der Waals surface area contributed by atoms with E-state index in [-0.39, 0.29) is 6.10 Å². The van der Waals surface area contributed by atoms with Crippen LogP contribution in [0.1, 0.15) is 23.8 Å². The fraction of sp³-hybridized carbons (Fsp3) is 0.417. The number of thiophene rings is 1. The molecule has 4 heteroatoms. The summed E-state index contributed by atoms with van der Waals surface area (Å²) in [6.07, 6.45) is 5.65. The third-order valence-electron chi connectivity index (χ3n) is 3.80. The van der Waals surface area contributed by atoms with Crippen molar-refractivity contribution in [3.8, 4) is 11.3 Å². The van der Waals surface area contributed by atoms with Crippen molar-refractivity contribution in [1.29, 1.82) is 0 Å². The molecule has 0 amide bonds. The van der Waals surface area contributed by atoms with E-state index in [1.54, 1.807) is 0 Å². The SMILES string of the molecule is O[C@H]1C[C@@H](C2c3sccc3-c3cncn32)C1. The minimum atomic E-state index is -0.0824. The van der Waals surface area contributed by atoms with Crippen molar-refractivity contribution in [3.63, 3.8) is 0 Å². The van der Waals surface area contributed by atoms with Gasteiger partial charge >= 0.3 is 0 Å².